The highest BCUT2D eigenvalue weighted by molar-refractivity contribution is 5.86. The minimum atomic E-state index is -0.992. The Labute approximate surface area is 94.9 Å². The van der Waals surface area contributed by atoms with Gasteiger partial charge < -0.3 is 14.4 Å². The van der Waals surface area contributed by atoms with E-state index in [1.54, 1.807) is 6.07 Å². The van der Waals surface area contributed by atoms with Crippen LogP contribution < -0.4 is 0 Å². The van der Waals surface area contributed by atoms with Crippen LogP contribution in [0.25, 0.3) is 0 Å². The molecule has 0 spiro atoms. The minimum absolute atomic E-state index is 0.0655. The van der Waals surface area contributed by atoms with Gasteiger partial charge in [-0.3, -0.25) is 0 Å². The lowest BCUT2D eigenvalue weighted by atomic mass is 10.2. The number of hydrogen-bond acceptors (Lipinski definition) is 3. The molecule has 1 aromatic heterocycles. The summed E-state index contributed by atoms with van der Waals surface area (Å²) >= 11 is 0. The average molecular weight is 223 g/mol. The monoisotopic (exact) mass is 223 g/mol. The SMILES string of the molecule is CC1CC1CN(C)Cc1ccoc1C(=O)O. The third kappa shape index (κ3) is 2.44. The van der Waals surface area contributed by atoms with Gasteiger partial charge in [-0.25, -0.2) is 4.79 Å². The molecule has 88 valence electrons. The first kappa shape index (κ1) is 11.2. The van der Waals surface area contributed by atoms with Crippen molar-refractivity contribution < 1.29 is 14.3 Å². The molecular weight excluding hydrogens is 206 g/mol. The average Bonchev–Trinajstić information content (AvgIpc) is 2.72. The van der Waals surface area contributed by atoms with E-state index in [9.17, 15) is 4.79 Å². The van der Waals surface area contributed by atoms with Crippen molar-refractivity contribution in [3.05, 3.63) is 23.7 Å². The van der Waals surface area contributed by atoms with Crippen LogP contribution in [0, 0.1) is 11.8 Å². The van der Waals surface area contributed by atoms with Crippen LogP contribution in [-0.2, 0) is 6.54 Å². The van der Waals surface area contributed by atoms with E-state index in [1.165, 1.54) is 12.7 Å². The van der Waals surface area contributed by atoms with Gasteiger partial charge in [0, 0.05) is 18.7 Å². The molecule has 0 aliphatic heterocycles. The summed E-state index contributed by atoms with van der Waals surface area (Å²) < 4.78 is 4.94. The first-order chi connectivity index (χ1) is 7.58. The Morgan fingerprint density at radius 2 is 2.38 bits per heavy atom. The standard InChI is InChI=1S/C12H17NO3/c1-8-5-10(8)7-13(2)6-9-3-4-16-11(9)12(14)15/h3-4,8,10H,5-7H2,1-2H3,(H,14,15). The Hall–Kier alpha value is -1.29. The number of nitrogens with zero attached hydrogens (tertiary/aromatic N) is 1. The Morgan fingerprint density at radius 1 is 1.69 bits per heavy atom. The van der Waals surface area contributed by atoms with Crippen LogP contribution in [0.1, 0.15) is 29.5 Å². The van der Waals surface area contributed by atoms with Crippen molar-refractivity contribution in [1.29, 1.82) is 0 Å². The summed E-state index contributed by atoms with van der Waals surface area (Å²) in [5.41, 5.74) is 0.753. The summed E-state index contributed by atoms with van der Waals surface area (Å²) in [6.07, 6.45) is 2.73. The molecular formula is C12H17NO3. The summed E-state index contributed by atoms with van der Waals surface area (Å²) in [6.45, 7) is 3.92. The highest BCUT2D eigenvalue weighted by Crippen LogP contribution is 2.38. The summed E-state index contributed by atoms with van der Waals surface area (Å²) in [5.74, 6) is 0.680. The van der Waals surface area contributed by atoms with E-state index in [-0.39, 0.29) is 5.76 Å². The van der Waals surface area contributed by atoms with Crippen molar-refractivity contribution in [3.63, 3.8) is 0 Å². The second-order valence-corrected chi connectivity index (χ2v) is 4.75. The Balaban J connectivity index is 1.92. The molecule has 1 aliphatic rings. The van der Waals surface area contributed by atoms with Gasteiger partial charge in [-0.15, -0.1) is 0 Å². The number of carbonyl (C=O) groups is 1. The molecule has 0 saturated heterocycles. The largest absolute Gasteiger partial charge is 0.475 e. The lowest BCUT2D eigenvalue weighted by Gasteiger charge is -2.15. The molecule has 2 unspecified atom stereocenters. The Morgan fingerprint density at radius 3 is 2.94 bits per heavy atom. The third-order valence-electron chi connectivity index (χ3n) is 3.20. The highest BCUT2D eigenvalue weighted by Gasteiger charge is 2.33. The molecule has 2 atom stereocenters. The molecule has 1 aromatic rings. The van der Waals surface area contributed by atoms with E-state index < -0.39 is 5.97 Å². The van der Waals surface area contributed by atoms with E-state index in [1.807, 2.05) is 7.05 Å². The van der Waals surface area contributed by atoms with E-state index in [2.05, 4.69) is 11.8 Å². The maximum Gasteiger partial charge on any atom is 0.372 e. The van der Waals surface area contributed by atoms with Crippen molar-refractivity contribution in [3.8, 4) is 0 Å². The predicted molar refractivity (Wildman–Crippen MR) is 59.3 cm³/mol. The molecule has 1 heterocycles. The van der Waals surface area contributed by atoms with Crippen LogP contribution in [0.15, 0.2) is 16.7 Å². The molecule has 1 N–H and O–H groups in total. The van der Waals surface area contributed by atoms with E-state index in [0.29, 0.717) is 6.54 Å². The zero-order valence-electron chi connectivity index (χ0n) is 9.64. The van der Waals surface area contributed by atoms with Crippen molar-refractivity contribution >= 4 is 5.97 Å². The van der Waals surface area contributed by atoms with Crippen LogP contribution in [-0.4, -0.2) is 29.6 Å². The minimum Gasteiger partial charge on any atom is -0.475 e. The van der Waals surface area contributed by atoms with Crippen LogP contribution in [0.2, 0.25) is 0 Å². The summed E-state index contributed by atoms with van der Waals surface area (Å²) in [5, 5.41) is 8.89. The normalized spacial score (nSPS) is 23.7. The fourth-order valence-electron chi connectivity index (χ4n) is 2.06. The molecule has 2 rings (SSSR count). The summed E-state index contributed by atoms with van der Waals surface area (Å²) in [6, 6.07) is 1.73. The Kier molecular flexibility index (Phi) is 3.01. The predicted octanol–water partition coefficient (Wildman–Crippen LogP) is 2.07. The van der Waals surface area contributed by atoms with Crippen molar-refractivity contribution in [2.24, 2.45) is 11.8 Å². The van der Waals surface area contributed by atoms with Crippen molar-refractivity contribution in [1.82, 2.24) is 4.90 Å². The van der Waals surface area contributed by atoms with E-state index in [4.69, 9.17) is 9.52 Å². The Bertz CT molecular complexity index is 385. The number of rotatable bonds is 5. The smallest absolute Gasteiger partial charge is 0.372 e. The number of carboxylic acids is 1. The molecule has 4 nitrogen and oxygen atoms in total. The molecule has 0 amide bonds. The van der Waals surface area contributed by atoms with Crippen LogP contribution in [0.5, 0.6) is 0 Å². The lowest BCUT2D eigenvalue weighted by molar-refractivity contribution is 0.0659. The van der Waals surface area contributed by atoms with Crippen molar-refractivity contribution in [2.45, 2.75) is 19.9 Å². The van der Waals surface area contributed by atoms with Gasteiger partial charge in [0.05, 0.1) is 6.26 Å². The van der Waals surface area contributed by atoms with Crippen LogP contribution in [0.4, 0.5) is 0 Å². The van der Waals surface area contributed by atoms with Gasteiger partial charge in [0.1, 0.15) is 0 Å². The van der Waals surface area contributed by atoms with E-state index >= 15 is 0 Å². The number of aromatic carboxylic acids is 1. The second-order valence-electron chi connectivity index (χ2n) is 4.75. The summed E-state index contributed by atoms with van der Waals surface area (Å²) in [4.78, 5) is 13.0. The maximum atomic E-state index is 10.8. The van der Waals surface area contributed by atoms with Gasteiger partial charge in [-0.1, -0.05) is 6.92 Å². The number of carboxylic acid groups (broad SMARTS) is 1. The first-order valence-corrected chi connectivity index (χ1v) is 5.56. The molecule has 0 bridgehead atoms. The molecule has 0 radical (unpaired) electrons. The van der Waals surface area contributed by atoms with Gasteiger partial charge in [0.2, 0.25) is 5.76 Å². The quantitative estimate of drug-likeness (QED) is 0.830. The second kappa shape index (κ2) is 4.29. The van der Waals surface area contributed by atoms with Crippen molar-refractivity contribution in [2.75, 3.05) is 13.6 Å². The molecule has 4 heteroatoms. The zero-order chi connectivity index (χ0) is 11.7. The number of hydrogen-bond donors (Lipinski definition) is 1. The third-order valence-corrected chi connectivity index (χ3v) is 3.20. The van der Waals surface area contributed by atoms with Gasteiger partial charge in [0.15, 0.2) is 0 Å². The topological polar surface area (TPSA) is 53.7 Å². The van der Waals surface area contributed by atoms with E-state index in [0.717, 1.165) is 23.9 Å². The molecule has 1 aliphatic carbocycles. The van der Waals surface area contributed by atoms with Gasteiger partial charge in [-0.2, -0.15) is 0 Å². The maximum absolute atomic E-state index is 10.8. The van der Waals surface area contributed by atoms with Crippen LogP contribution >= 0.6 is 0 Å². The molecule has 1 saturated carbocycles. The zero-order valence-corrected chi connectivity index (χ0v) is 9.64. The fraction of sp³-hybridized carbons (Fsp3) is 0.583. The fourth-order valence-corrected chi connectivity index (χ4v) is 2.06. The number of furan rings is 1. The van der Waals surface area contributed by atoms with Gasteiger partial charge in [-0.05, 0) is 31.4 Å². The molecule has 0 aromatic carbocycles. The molecule has 1 fully saturated rings. The van der Waals surface area contributed by atoms with Gasteiger partial charge in [0.25, 0.3) is 0 Å². The summed E-state index contributed by atoms with van der Waals surface area (Å²) in [7, 11) is 2.02. The van der Waals surface area contributed by atoms with Gasteiger partial charge >= 0.3 is 5.97 Å². The lowest BCUT2D eigenvalue weighted by Crippen LogP contribution is -2.21. The molecule has 16 heavy (non-hydrogen) atoms. The first-order valence-electron chi connectivity index (χ1n) is 5.56. The highest BCUT2D eigenvalue weighted by atomic mass is 16.4. The van der Waals surface area contributed by atoms with Crippen LogP contribution in [0.3, 0.4) is 0 Å².